The smallest absolute Gasteiger partial charge is 0.216 e. The topological polar surface area (TPSA) is 54.7 Å². The summed E-state index contributed by atoms with van der Waals surface area (Å²) in [6.07, 6.45) is 1.58. The summed E-state index contributed by atoms with van der Waals surface area (Å²) >= 11 is 5.81. The molecule has 2 aromatic rings. The van der Waals surface area contributed by atoms with Crippen molar-refractivity contribution in [3.05, 3.63) is 24.2 Å². The summed E-state index contributed by atoms with van der Waals surface area (Å²) in [6.45, 7) is 1.83. The highest BCUT2D eigenvalue weighted by atomic mass is 35.5. The van der Waals surface area contributed by atoms with Crippen molar-refractivity contribution in [2.45, 2.75) is 12.3 Å². The molecule has 0 spiro atoms. The van der Waals surface area contributed by atoms with Crippen LogP contribution >= 0.6 is 11.6 Å². The zero-order valence-corrected chi connectivity index (χ0v) is 7.75. The molecule has 0 amide bonds. The predicted molar refractivity (Wildman–Crippen MR) is 48.4 cm³/mol. The number of aromatic amines is 1. The van der Waals surface area contributed by atoms with Gasteiger partial charge in [-0.1, -0.05) is 0 Å². The Morgan fingerprint density at radius 2 is 2.46 bits per heavy atom. The fourth-order valence-corrected chi connectivity index (χ4v) is 1.07. The number of rotatable bonds is 2. The van der Waals surface area contributed by atoms with Crippen LogP contribution in [0.1, 0.15) is 18.1 Å². The van der Waals surface area contributed by atoms with Crippen LogP contribution in [-0.2, 0) is 0 Å². The second kappa shape index (κ2) is 3.22. The minimum Gasteiger partial charge on any atom is -0.461 e. The largest absolute Gasteiger partial charge is 0.461 e. The molecule has 2 rings (SSSR count). The van der Waals surface area contributed by atoms with Crippen molar-refractivity contribution in [3.63, 3.8) is 0 Å². The first-order chi connectivity index (χ1) is 6.27. The molecule has 13 heavy (non-hydrogen) atoms. The lowest BCUT2D eigenvalue weighted by Gasteiger charge is -1.92. The van der Waals surface area contributed by atoms with Crippen molar-refractivity contribution in [1.29, 1.82) is 0 Å². The lowest BCUT2D eigenvalue weighted by molar-refractivity contribution is 0.577. The van der Waals surface area contributed by atoms with E-state index >= 15 is 0 Å². The number of nitrogens with one attached hydrogen (secondary N) is 1. The summed E-state index contributed by atoms with van der Waals surface area (Å²) in [7, 11) is 0. The molecule has 0 aliphatic rings. The van der Waals surface area contributed by atoms with Gasteiger partial charge in [-0.25, -0.2) is 4.98 Å². The van der Waals surface area contributed by atoms with Gasteiger partial charge in [0.2, 0.25) is 5.82 Å². The molecule has 2 aromatic heterocycles. The Morgan fingerprint density at radius 3 is 3.00 bits per heavy atom. The Labute approximate surface area is 79.9 Å². The number of aromatic nitrogens is 3. The van der Waals surface area contributed by atoms with E-state index in [1.807, 2.05) is 6.92 Å². The molecule has 0 fully saturated rings. The third-order valence-corrected chi connectivity index (χ3v) is 1.83. The van der Waals surface area contributed by atoms with Gasteiger partial charge >= 0.3 is 0 Å². The summed E-state index contributed by atoms with van der Waals surface area (Å²) in [5.41, 5.74) is 0. The molecule has 4 nitrogen and oxygen atoms in total. The third-order valence-electron chi connectivity index (χ3n) is 1.62. The first kappa shape index (κ1) is 8.31. The van der Waals surface area contributed by atoms with Crippen LogP contribution in [0, 0.1) is 0 Å². The maximum atomic E-state index is 5.81. The summed E-state index contributed by atoms with van der Waals surface area (Å²) in [5.74, 6) is 1.82. The van der Waals surface area contributed by atoms with E-state index in [-0.39, 0.29) is 5.38 Å². The average Bonchev–Trinajstić information content (AvgIpc) is 2.75. The Hall–Kier alpha value is -1.29. The van der Waals surface area contributed by atoms with Crippen molar-refractivity contribution in [2.24, 2.45) is 0 Å². The quantitative estimate of drug-likeness (QED) is 0.752. The van der Waals surface area contributed by atoms with Gasteiger partial charge in [0.05, 0.1) is 11.6 Å². The SMILES string of the molecule is CC(Cl)c1nc(-c2ccco2)n[nH]1. The molecule has 68 valence electrons. The standard InChI is InChI=1S/C8H8ClN3O/c1-5(9)7-10-8(12-11-7)6-3-2-4-13-6/h2-5H,1H3,(H,10,11,12). The molecule has 0 aromatic carbocycles. The minimum absolute atomic E-state index is 0.170. The summed E-state index contributed by atoms with van der Waals surface area (Å²) in [6, 6.07) is 3.58. The van der Waals surface area contributed by atoms with Crippen LogP contribution in [0.4, 0.5) is 0 Å². The Balaban J connectivity index is 2.33. The van der Waals surface area contributed by atoms with E-state index in [9.17, 15) is 0 Å². The molecule has 1 unspecified atom stereocenters. The lowest BCUT2D eigenvalue weighted by Crippen LogP contribution is -1.86. The van der Waals surface area contributed by atoms with Crippen molar-refractivity contribution in [1.82, 2.24) is 15.2 Å². The highest BCUT2D eigenvalue weighted by Gasteiger charge is 2.10. The first-order valence-corrected chi connectivity index (χ1v) is 4.31. The molecule has 0 saturated heterocycles. The van der Waals surface area contributed by atoms with E-state index in [0.717, 1.165) is 0 Å². The van der Waals surface area contributed by atoms with Gasteiger partial charge in [-0.05, 0) is 19.1 Å². The van der Waals surface area contributed by atoms with Gasteiger partial charge in [-0.2, -0.15) is 0 Å². The number of furan rings is 1. The van der Waals surface area contributed by atoms with Gasteiger partial charge in [0.1, 0.15) is 5.82 Å². The highest BCUT2D eigenvalue weighted by Crippen LogP contribution is 2.19. The van der Waals surface area contributed by atoms with Gasteiger partial charge in [0, 0.05) is 0 Å². The molecule has 0 aliphatic carbocycles. The van der Waals surface area contributed by atoms with E-state index in [1.165, 1.54) is 0 Å². The monoisotopic (exact) mass is 197 g/mol. The van der Waals surface area contributed by atoms with E-state index in [4.69, 9.17) is 16.0 Å². The average molecular weight is 198 g/mol. The fraction of sp³-hybridized carbons (Fsp3) is 0.250. The third kappa shape index (κ3) is 1.58. The minimum atomic E-state index is -0.170. The predicted octanol–water partition coefficient (Wildman–Crippen LogP) is 2.36. The Kier molecular flexibility index (Phi) is 2.06. The zero-order chi connectivity index (χ0) is 9.26. The van der Waals surface area contributed by atoms with Crippen LogP contribution in [0.2, 0.25) is 0 Å². The maximum Gasteiger partial charge on any atom is 0.216 e. The Morgan fingerprint density at radius 1 is 1.62 bits per heavy atom. The van der Waals surface area contributed by atoms with Crippen LogP contribution in [0.5, 0.6) is 0 Å². The summed E-state index contributed by atoms with van der Waals surface area (Å²) in [4.78, 5) is 4.16. The molecule has 1 atom stereocenters. The number of alkyl halides is 1. The van der Waals surface area contributed by atoms with Crippen molar-refractivity contribution >= 4 is 11.6 Å². The molecular weight excluding hydrogens is 190 g/mol. The zero-order valence-electron chi connectivity index (χ0n) is 6.99. The van der Waals surface area contributed by atoms with Crippen LogP contribution in [0.25, 0.3) is 11.6 Å². The van der Waals surface area contributed by atoms with E-state index in [2.05, 4.69) is 15.2 Å². The second-order valence-corrected chi connectivity index (χ2v) is 3.29. The molecule has 0 radical (unpaired) electrons. The van der Waals surface area contributed by atoms with Crippen LogP contribution in [0.15, 0.2) is 22.8 Å². The van der Waals surface area contributed by atoms with Gasteiger partial charge in [-0.3, -0.25) is 5.10 Å². The number of halogens is 1. The molecule has 5 heteroatoms. The maximum absolute atomic E-state index is 5.81. The van der Waals surface area contributed by atoms with Crippen molar-refractivity contribution in [3.8, 4) is 11.6 Å². The molecular formula is C8H8ClN3O. The van der Waals surface area contributed by atoms with Gasteiger partial charge in [0.15, 0.2) is 5.76 Å². The number of hydrogen-bond acceptors (Lipinski definition) is 3. The number of H-pyrrole nitrogens is 1. The van der Waals surface area contributed by atoms with Gasteiger partial charge in [0.25, 0.3) is 0 Å². The normalized spacial score (nSPS) is 13.1. The van der Waals surface area contributed by atoms with E-state index in [0.29, 0.717) is 17.4 Å². The van der Waals surface area contributed by atoms with Crippen LogP contribution in [0.3, 0.4) is 0 Å². The summed E-state index contributed by atoms with van der Waals surface area (Å²) in [5, 5.41) is 6.54. The van der Waals surface area contributed by atoms with E-state index in [1.54, 1.807) is 18.4 Å². The van der Waals surface area contributed by atoms with E-state index < -0.39 is 0 Å². The molecule has 2 heterocycles. The van der Waals surface area contributed by atoms with Gasteiger partial charge in [-0.15, -0.1) is 16.7 Å². The number of nitrogens with zero attached hydrogens (tertiary/aromatic N) is 2. The molecule has 1 N–H and O–H groups in total. The van der Waals surface area contributed by atoms with Crippen LogP contribution < -0.4 is 0 Å². The summed E-state index contributed by atoms with van der Waals surface area (Å²) < 4.78 is 5.12. The second-order valence-electron chi connectivity index (χ2n) is 2.64. The number of hydrogen-bond donors (Lipinski definition) is 1. The fourth-order valence-electron chi connectivity index (χ4n) is 0.968. The van der Waals surface area contributed by atoms with Gasteiger partial charge < -0.3 is 4.42 Å². The first-order valence-electron chi connectivity index (χ1n) is 3.87. The molecule has 0 aliphatic heterocycles. The van der Waals surface area contributed by atoms with Crippen molar-refractivity contribution in [2.75, 3.05) is 0 Å². The highest BCUT2D eigenvalue weighted by molar-refractivity contribution is 6.20. The molecule has 0 saturated carbocycles. The Bertz CT molecular complexity index is 380. The lowest BCUT2D eigenvalue weighted by atomic mass is 10.4. The van der Waals surface area contributed by atoms with Crippen molar-refractivity contribution < 1.29 is 4.42 Å². The van der Waals surface area contributed by atoms with Crippen LogP contribution in [-0.4, -0.2) is 15.2 Å². The molecule has 0 bridgehead atoms.